The average molecular weight is 488 g/mol. The van der Waals surface area contributed by atoms with E-state index in [2.05, 4.69) is 40.9 Å². The number of rotatable bonds is 10. The molecule has 0 bridgehead atoms. The molecule has 0 aromatic carbocycles. The second-order valence-electron chi connectivity index (χ2n) is 9.29. The van der Waals surface area contributed by atoms with Crippen LogP contribution in [0.2, 0.25) is 25.7 Å². The van der Waals surface area contributed by atoms with Crippen molar-refractivity contribution >= 4 is 35.9 Å². The molecule has 1 unspecified atom stereocenters. The molecule has 6 nitrogen and oxygen atoms in total. The Kier molecular flexibility index (Phi) is 9.84. The molecule has 0 aliphatic carbocycles. The van der Waals surface area contributed by atoms with Crippen LogP contribution in [0.5, 0.6) is 0 Å². The quantitative estimate of drug-likeness (QED) is 0.222. The number of carbonyl (C=O) groups excluding carboxylic acids is 2. The van der Waals surface area contributed by atoms with Crippen LogP contribution in [0.15, 0.2) is 28.9 Å². The predicted molar refractivity (Wildman–Crippen MR) is 123 cm³/mol. The fraction of sp³-hybridized carbons (Fsp3) is 0.619. The van der Waals surface area contributed by atoms with Gasteiger partial charge in [0.05, 0.1) is 6.61 Å². The molecule has 1 atom stereocenters. The van der Waals surface area contributed by atoms with E-state index < -0.39 is 20.1 Å². The number of hydrogen-bond acceptors (Lipinski definition) is 4. The summed E-state index contributed by atoms with van der Waals surface area (Å²) in [6, 6.07) is 1.92. The van der Waals surface area contributed by atoms with Gasteiger partial charge < -0.3 is 19.4 Å². The summed E-state index contributed by atoms with van der Waals surface area (Å²) in [6.07, 6.45) is 5.37. The van der Waals surface area contributed by atoms with E-state index in [0.717, 1.165) is 10.5 Å². The highest BCUT2D eigenvalue weighted by molar-refractivity contribution is 9.10. The van der Waals surface area contributed by atoms with Gasteiger partial charge in [0.1, 0.15) is 18.5 Å². The number of esters is 1. The van der Waals surface area contributed by atoms with Gasteiger partial charge in [0.2, 0.25) is 0 Å². The van der Waals surface area contributed by atoms with Crippen molar-refractivity contribution in [3.05, 3.63) is 34.6 Å². The molecule has 1 amide bonds. The van der Waals surface area contributed by atoms with Gasteiger partial charge in [-0.1, -0.05) is 52.6 Å². The van der Waals surface area contributed by atoms with E-state index in [9.17, 15) is 9.59 Å². The molecule has 0 aliphatic heterocycles. The Morgan fingerprint density at radius 1 is 1.31 bits per heavy atom. The third-order valence-electron chi connectivity index (χ3n) is 3.94. The normalized spacial score (nSPS) is 13.5. The summed E-state index contributed by atoms with van der Waals surface area (Å²) >= 11 is 3.41. The number of amides is 1. The van der Waals surface area contributed by atoms with Gasteiger partial charge in [-0.25, -0.2) is 4.79 Å². The van der Waals surface area contributed by atoms with E-state index in [4.69, 9.17) is 9.47 Å². The molecule has 0 saturated heterocycles. The van der Waals surface area contributed by atoms with Crippen molar-refractivity contribution in [2.24, 2.45) is 5.41 Å². The zero-order valence-corrected chi connectivity index (χ0v) is 21.3. The molecule has 1 rings (SSSR count). The van der Waals surface area contributed by atoms with Gasteiger partial charge >= 0.3 is 5.97 Å². The molecule has 0 fully saturated rings. The molecule has 1 aromatic rings. The van der Waals surface area contributed by atoms with Gasteiger partial charge in [0, 0.05) is 25.4 Å². The average Bonchev–Trinajstić information content (AvgIpc) is 2.94. The Bertz CT molecular complexity index is 717. The van der Waals surface area contributed by atoms with Gasteiger partial charge in [0.25, 0.3) is 5.91 Å². The van der Waals surface area contributed by atoms with Crippen LogP contribution < -0.4 is 5.32 Å². The fourth-order valence-electron chi connectivity index (χ4n) is 2.33. The van der Waals surface area contributed by atoms with Crippen LogP contribution in [-0.2, 0) is 21.0 Å². The second-order valence-corrected chi connectivity index (χ2v) is 15.8. The lowest BCUT2D eigenvalue weighted by molar-refractivity contribution is -0.144. The van der Waals surface area contributed by atoms with Gasteiger partial charge in [-0.15, -0.1) is 0 Å². The smallest absolute Gasteiger partial charge is 0.332 e. The lowest BCUT2D eigenvalue weighted by atomic mass is 9.95. The number of ether oxygens (including phenoxy) is 2. The number of nitrogens with zero attached hydrogens (tertiary/aromatic N) is 1. The van der Waals surface area contributed by atoms with Crippen molar-refractivity contribution < 1.29 is 19.1 Å². The highest BCUT2D eigenvalue weighted by Crippen LogP contribution is 2.17. The number of hydrogen-bond donors (Lipinski definition) is 1. The largest absolute Gasteiger partial charge is 0.464 e. The van der Waals surface area contributed by atoms with Crippen LogP contribution in [0.1, 0.15) is 38.2 Å². The molecular weight excluding hydrogens is 452 g/mol. The summed E-state index contributed by atoms with van der Waals surface area (Å²) in [5.41, 5.74) is 0.298. The van der Waals surface area contributed by atoms with Crippen molar-refractivity contribution in [1.82, 2.24) is 9.88 Å². The predicted octanol–water partition coefficient (Wildman–Crippen LogP) is 4.83. The fourth-order valence-corrected chi connectivity index (χ4v) is 3.55. The van der Waals surface area contributed by atoms with Gasteiger partial charge in [-0.05, 0) is 40.4 Å². The van der Waals surface area contributed by atoms with E-state index >= 15 is 0 Å². The summed E-state index contributed by atoms with van der Waals surface area (Å²) in [4.78, 5) is 25.2. The van der Waals surface area contributed by atoms with E-state index in [1.807, 2.05) is 26.8 Å². The number of nitrogens with one attached hydrogen (secondary N) is 1. The number of allylic oxidation sites excluding steroid dienone is 1. The Labute approximate surface area is 184 Å². The lowest BCUT2D eigenvalue weighted by Gasteiger charge is -2.18. The summed E-state index contributed by atoms with van der Waals surface area (Å²) in [7, 11) is -1.17. The molecule has 0 saturated carbocycles. The highest BCUT2D eigenvalue weighted by atomic mass is 79.9. The first-order valence-electron chi connectivity index (χ1n) is 9.92. The number of carbonyl (C=O) groups is 2. The molecule has 8 heteroatoms. The van der Waals surface area contributed by atoms with Crippen molar-refractivity contribution in [1.29, 1.82) is 0 Å². The standard InChI is InChI=1S/C21H35BrN2O4Si/c1-8-28-20(26)17(9-10-21(2,3)4)23-19(25)18-13-16(22)14-24(18)15-27-11-12-29(5,6)7/h9-10,13-14,17H,8,11-12,15H2,1-7H3,(H,23,25). The van der Waals surface area contributed by atoms with E-state index in [0.29, 0.717) is 12.3 Å². The molecule has 29 heavy (non-hydrogen) atoms. The minimum absolute atomic E-state index is 0.122. The summed E-state index contributed by atoms with van der Waals surface area (Å²) in [6.45, 7) is 15.9. The topological polar surface area (TPSA) is 69.6 Å². The van der Waals surface area contributed by atoms with Gasteiger partial charge in [0.15, 0.2) is 0 Å². The van der Waals surface area contributed by atoms with Crippen LogP contribution in [0, 0.1) is 5.41 Å². The van der Waals surface area contributed by atoms with Crippen LogP contribution in [-0.4, -0.2) is 43.8 Å². The Morgan fingerprint density at radius 2 is 1.97 bits per heavy atom. The zero-order chi connectivity index (χ0) is 22.2. The van der Waals surface area contributed by atoms with Crippen molar-refractivity contribution in [3.63, 3.8) is 0 Å². The minimum Gasteiger partial charge on any atom is -0.464 e. The SMILES string of the molecule is CCOC(=O)C(C=CC(C)(C)C)NC(=O)c1cc(Br)cn1COCC[Si](C)(C)C. The third-order valence-corrected chi connectivity index (χ3v) is 6.08. The number of halogens is 1. The van der Waals surface area contributed by atoms with E-state index in [1.54, 1.807) is 29.8 Å². The molecular formula is C21H35BrN2O4Si. The Balaban J connectivity index is 2.89. The summed E-state index contributed by atoms with van der Waals surface area (Å²) in [5.74, 6) is -0.842. The van der Waals surface area contributed by atoms with Crippen LogP contribution in [0.4, 0.5) is 0 Å². The Hall–Kier alpha value is -1.38. The molecule has 1 aromatic heterocycles. The van der Waals surface area contributed by atoms with Crippen LogP contribution >= 0.6 is 15.9 Å². The maximum absolute atomic E-state index is 12.9. The molecule has 0 radical (unpaired) electrons. The third kappa shape index (κ3) is 10.3. The molecule has 0 spiro atoms. The molecule has 0 aliphatic rings. The number of aromatic nitrogens is 1. The summed E-state index contributed by atoms with van der Waals surface area (Å²) < 4.78 is 13.4. The van der Waals surface area contributed by atoms with Crippen molar-refractivity contribution in [2.45, 2.75) is 66.2 Å². The van der Waals surface area contributed by atoms with Crippen LogP contribution in [0.25, 0.3) is 0 Å². The first-order valence-corrected chi connectivity index (χ1v) is 14.4. The van der Waals surface area contributed by atoms with Gasteiger partial charge in [-0.3, -0.25) is 4.79 Å². The summed E-state index contributed by atoms with van der Waals surface area (Å²) in [5, 5.41) is 2.77. The molecule has 1 N–H and O–H groups in total. The highest BCUT2D eigenvalue weighted by Gasteiger charge is 2.23. The molecule has 164 valence electrons. The van der Waals surface area contributed by atoms with E-state index in [1.165, 1.54) is 0 Å². The molecule has 1 heterocycles. The maximum Gasteiger partial charge on any atom is 0.332 e. The van der Waals surface area contributed by atoms with Gasteiger partial charge in [-0.2, -0.15) is 0 Å². The first kappa shape index (κ1) is 25.7. The van der Waals surface area contributed by atoms with Crippen LogP contribution in [0.3, 0.4) is 0 Å². The maximum atomic E-state index is 12.9. The minimum atomic E-state index is -1.17. The van der Waals surface area contributed by atoms with Crippen molar-refractivity contribution in [2.75, 3.05) is 13.2 Å². The monoisotopic (exact) mass is 486 g/mol. The lowest BCUT2D eigenvalue weighted by Crippen LogP contribution is -2.41. The Morgan fingerprint density at radius 3 is 2.52 bits per heavy atom. The zero-order valence-electron chi connectivity index (χ0n) is 18.7. The first-order chi connectivity index (χ1) is 13.3. The van der Waals surface area contributed by atoms with Crippen molar-refractivity contribution in [3.8, 4) is 0 Å². The second kappa shape index (κ2) is 11.1. The van der Waals surface area contributed by atoms with E-state index in [-0.39, 0.29) is 24.7 Å².